The van der Waals surface area contributed by atoms with E-state index in [9.17, 15) is 18.0 Å². The monoisotopic (exact) mass is 261 g/mol. The molecule has 1 aromatic carbocycles. The Morgan fingerprint density at radius 3 is 2.28 bits per heavy atom. The molecule has 0 radical (unpaired) electrons. The van der Waals surface area contributed by atoms with Gasteiger partial charge in [-0.3, -0.25) is 4.79 Å². The average molecular weight is 261 g/mol. The van der Waals surface area contributed by atoms with Crippen LogP contribution in [0, 0.1) is 0 Å². The highest BCUT2D eigenvalue weighted by Gasteiger charge is 2.30. The maximum Gasteiger partial charge on any atom is 0.416 e. The van der Waals surface area contributed by atoms with Gasteiger partial charge in [0.05, 0.1) is 18.6 Å². The molecule has 1 unspecified atom stereocenters. The van der Waals surface area contributed by atoms with Gasteiger partial charge in [0.15, 0.2) is 0 Å². The second-order valence-corrected chi connectivity index (χ2v) is 3.75. The van der Waals surface area contributed by atoms with Crippen molar-refractivity contribution in [1.82, 2.24) is 5.32 Å². The summed E-state index contributed by atoms with van der Waals surface area (Å²) < 4.78 is 41.8. The number of alkyl halides is 3. The fourth-order valence-corrected chi connectivity index (χ4v) is 1.59. The molecule has 1 rings (SSSR count). The number of esters is 1. The first-order valence-electron chi connectivity index (χ1n) is 5.29. The van der Waals surface area contributed by atoms with Gasteiger partial charge in [-0.15, -0.1) is 0 Å². The van der Waals surface area contributed by atoms with Crippen LogP contribution in [0.5, 0.6) is 0 Å². The summed E-state index contributed by atoms with van der Waals surface area (Å²) >= 11 is 0. The number of halogens is 3. The van der Waals surface area contributed by atoms with Crippen molar-refractivity contribution in [3.63, 3.8) is 0 Å². The van der Waals surface area contributed by atoms with Gasteiger partial charge in [-0.25, -0.2) is 0 Å². The molecule has 3 nitrogen and oxygen atoms in total. The van der Waals surface area contributed by atoms with Crippen molar-refractivity contribution in [3.8, 4) is 0 Å². The average Bonchev–Trinajstić information content (AvgIpc) is 2.34. The lowest BCUT2D eigenvalue weighted by Crippen LogP contribution is -2.25. The van der Waals surface area contributed by atoms with Crippen LogP contribution < -0.4 is 5.32 Å². The zero-order valence-corrected chi connectivity index (χ0v) is 10.0. The van der Waals surface area contributed by atoms with E-state index in [0.29, 0.717) is 12.1 Å². The summed E-state index contributed by atoms with van der Waals surface area (Å²) in [4.78, 5) is 11.5. The largest absolute Gasteiger partial charge is 0.469 e. The summed E-state index contributed by atoms with van der Waals surface area (Å²) in [6, 6.07) is 4.51. The quantitative estimate of drug-likeness (QED) is 0.844. The van der Waals surface area contributed by atoms with Gasteiger partial charge in [0.2, 0.25) is 0 Å². The molecule has 0 fully saturated rings. The van der Waals surface area contributed by atoms with Crippen molar-refractivity contribution in [2.45, 2.75) is 12.1 Å². The van der Waals surface area contributed by atoms with Crippen LogP contribution in [0.1, 0.15) is 17.0 Å². The van der Waals surface area contributed by atoms with E-state index in [2.05, 4.69) is 10.1 Å². The molecule has 0 amide bonds. The molecule has 0 aromatic heterocycles. The van der Waals surface area contributed by atoms with Crippen molar-refractivity contribution in [2.75, 3.05) is 20.7 Å². The van der Waals surface area contributed by atoms with Crippen LogP contribution in [-0.4, -0.2) is 26.7 Å². The lowest BCUT2D eigenvalue weighted by molar-refractivity contribution is -0.142. The number of ether oxygens (including phenoxy) is 1. The third-order valence-electron chi connectivity index (χ3n) is 2.53. The molecule has 1 aromatic rings. The Morgan fingerprint density at radius 1 is 1.33 bits per heavy atom. The van der Waals surface area contributed by atoms with E-state index in [4.69, 9.17) is 0 Å². The second kappa shape index (κ2) is 5.86. The SMILES string of the molecule is CNCC(C(=O)OC)c1ccc(C(F)(F)F)cc1. The third kappa shape index (κ3) is 3.46. The van der Waals surface area contributed by atoms with E-state index in [-0.39, 0.29) is 0 Å². The minimum atomic E-state index is -4.37. The molecular formula is C12H14F3NO2. The summed E-state index contributed by atoms with van der Waals surface area (Å²) in [6.45, 7) is 0.304. The maximum atomic E-state index is 12.4. The standard InChI is InChI=1S/C12H14F3NO2/c1-16-7-10(11(17)18-2)8-3-5-9(6-4-8)12(13,14)15/h3-6,10,16H,7H2,1-2H3. The first-order valence-corrected chi connectivity index (χ1v) is 5.29. The molecule has 0 saturated heterocycles. The molecule has 0 aliphatic rings. The second-order valence-electron chi connectivity index (χ2n) is 3.75. The van der Waals surface area contributed by atoms with Crippen LogP contribution in [-0.2, 0) is 15.7 Å². The predicted octanol–water partition coefficient (Wildman–Crippen LogP) is 2.18. The molecule has 18 heavy (non-hydrogen) atoms. The Kier molecular flexibility index (Phi) is 4.72. The Balaban J connectivity index is 2.97. The predicted molar refractivity (Wildman–Crippen MR) is 60.1 cm³/mol. The topological polar surface area (TPSA) is 38.3 Å². The molecule has 0 saturated carbocycles. The van der Waals surface area contributed by atoms with Gasteiger partial charge in [0.1, 0.15) is 0 Å². The number of benzene rings is 1. The minimum absolute atomic E-state index is 0.304. The van der Waals surface area contributed by atoms with Crippen molar-refractivity contribution in [2.24, 2.45) is 0 Å². The van der Waals surface area contributed by atoms with Crippen LogP contribution in [0.2, 0.25) is 0 Å². The molecule has 100 valence electrons. The number of likely N-dealkylation sites (N-methyl/N-ethyl adjacent to an activating group) is 1. The zero-order valence-electron chi connectivity index (χ0n) is 10.0. The van der Waals surface area contributed by atoms with E-state index >= 15 is 0 Å². The first kappa shape index (κ1) is 14.5. The van der Waals surface area contributed by atoms with Gasteiger partial charge in [0.25, 0.3) is 0 Å². The van der Waals surface area contributed by atoms with Gasteiger partial charge in [-0.05, 0) is 24.7 Å². The Labute approximate surface area is 103 Å². The Hall–Kier alpha value is -1.56. The van der Waals surface area contributed by atoms with E-state index in [1.165, 1.54) is 19.2 Å². The summed E-state index contributed by atoms with van der Waals surface area (Å²) in [7, 11) is 2.90. The van der Waals surface area contributed by atoms with Gasteiger partial charge < -0.3 is 10.1 Å². The van der Waals surface area contributed by atoms with E-state index < -0.39 is 23.6 Å². The molecule has 0 heterocycles. The van der Waals surface area contributed by atoms with Crippen LogP contribution in [0.3, 0.4) is 0 Å². The van der Waals surface area contributed by atoms with Crippen LogP contribution in [0.15, 0.2) is 24.3 Å². The molecule has 1 atom stereocenters. The van der Waals surface area contributed by atoms with Crippen molar-refractivity contribution < 1.29 is 22.7 Å². The summed E-state index contributed by atoms with van der Waals surface area (Å²) in [6.07, 6.45) is -4.37. The van der Waals surface area contributed by atoms with Crippen molar-refractivity contribution >= 4 is 5.97 Å². The molecule has 6 heteroatoms. The first-order chi connectivity index (χ1) is 8.40. The van der Waals surface area contributed by atoms with Gasteiger partial charge in [-0.1, -0.05) is 12.1 Å². The fourth-order valence-electron chi connectivity index (χ4n) is 1.59. The van der Waals surface area contributed by atoms with Gasteiger partial charge >= 0.3 is 12.1 Å². The van der Waals surface area contributed by atoms with Crippen LogP contribution in [0.4, 0.5) is 13.2 Å². The number of hydrogen-bond donors (Lipinski definition) is 1. The van der Waals surface area contributed by atoms with Gasteiger partial charge in [0, 0.05) is 6.54 Å². The van der Waals surface area contributed by atoms with Crippen molar-refractivity contribution in [1.29, 1.82) is 0 Å². The highest BCUT2D eigenvalue weighted by molar-refractivity contribution is 5.78. The van der Waals surface area contributed by atoms with Gasteiger partial charge in [-0.2, -0.15) is 13.2 Å². The minimum Gasteiger partial charge on any atom is -0.469 e. The summed E-state index contributed by atoms with van der Waals surface area (Å²) in [5, 5.41) is 2.80. The molecule has 0 aliphatic carbocycles. The number of nitrogens with one attached hydrogen (secondary N) is 1. The molecule has 0 spiro atoms. The summed E-state index contributed by atoms with van der Waals surface area (Å²) in [5.41, 5.74) is -0.247. The molecule has 1 N–H and O–H groups in total. The van der Waals surface area contributed by atoms with E-state index in [0.717, 1.165) is 12.1 Å². The lowest BCUT2D eigenvalue weighted by atomic mass is 9.98. The zero-order chi connectivity index (χ0) is 13.8. The number of rotatable bonds is 4. The highest BCUT2D eigenvalue weighted by Crippen LogP contribution is 2.30. The normalized spacial score (nSPS) is 13.2. The number of carbonyl (C=O) groups is 1. The smallest absolute Gasteiger partial charge is 0.416 e. The number of methoxy groups -OCH3 is 1. The molecular weight excluding hydrogens is 247 g/mol. The maximum absolute atomic E-state index is 12.4. The molecule has 0 aliphatic heterocycles. The Morgan fingerprint density at radius 2 is 1.89 bits per heavy atom. The van der Waals surface area contributed by atoms with E-state index in [1.54, 1.807) is 7.05 Å². The van der Waals surface area contributed by atoms with Crippen LogP contribution in [0.25, 0.3) is 0 Å². The number of hydrogen-bond acceptors (Lipinski definition) is 3. The Bertz CT molecular complexity index is 401. The fraction of sp³-hybridized carbons (Fsp3) is 0.417. The summed E-state index contributed by atoms with van der Waals surface area (Å²) in [5.74, 6) is -1.09. The van der Waals surface area contributed by atoms with E-state index in [1.807, 2.05) is 0 Å². The third-order valence-corrected chi connectivity index (χ3v) is 2.53. The lowest BCUT2D eigenvalue weighted by Gasteiger charge is -2.15. The highest BCUT2D eigenvalue weighted by atomic mass is 19.4. The molecule has 0 bridgehead atoms. The number of carbonyl (C=O) groups excluding carboxylic acids is 1. The van der Waals surface area contributed by atoms with Crippen molar-refractivity contribution in [3.05, 3.63) is 35.4 Å². The van der Waals surface area contributed by atoms with Crippen LogP contribution >= 0.6 is 0 Å².